The van der Waals surface area contributed by atoms with Crippen molar-refractivity contribution in [3.05, 3.63) is 59.0 Å². The molecule has 2 amide bonds. The van der Waals surface area contributed by atoms with Gasteiger partial charge in [0.25, 0.3) is 5.91 Å². The first-order chi connectivity index (χ1) is 20.1. The lowest BCUT2D eigenvalue weighted by atomic mass is 10.00. The van der Waals surface area contributed by atoms with Crippen molar-refractivity contribution in [2.24, 2.45) is 7.05 Å². The number of rotatable bonds is 8. The summed E-state index contributed by atoms with van der Waals surface area (Å²) in [6, 6.07) is 8.23. The average molecular weight is 575 g/mol. The first-order valence-electron chi connectivity index (χ1n) is 13.7. The van der Waals surface area contributed by atoms with Gasteiger partial charge in [0, 0.05) is 32.5 Å². The molecule has 42 heavy (non-hydrogen) atoms. The number of amides is 2. The van der Waals surface area contributed by atoms with Crippen LogP contribution in [0.2, 0.25) is 0 Å². The molecule has 0 unspecified atom stereocenters. The van der Waals surface area contributed by atoms with Crippen LogP contribution in [0.4, 0.5) is 33.2 Å². The first kappa shape index (κ1) is 28.8. The van der Waals surface area contributed by atoms with E-state index in [1.807, 2.05) is 60.8 Å². The van der Waals surface area contributed by atoms with E-state index in [0.29, 0.717) is 36.0 Å². The summed E-state index contributed by atoms with van der Waals surface area (Å²) >= 11 is 0. The Morgan fingerprint density at radius 3 is 2.64 bits per heavy atom. The maximum Gasteiger partial charge on any atom is 0.256 e. The zero-order chi connectivity index (χ0) is 30.1. The van der Waals surface area contributed by atoms with Crippen LogP contribution in [0.3, 0.4) is 0 Å². The third-order valence-electron chi connectivity index (χ3n) is 7.24. The first-order valence-corrected chi connectivity index (χ1v) is 13.7. The largest absolute Gasteiger partial charge is 0.495 e. The van der Waals surface area contributed by atoms with Crippen molar-refractivity contribution in [2.45, 2.75) is 19.8 Å². The zero-order valence-electron chi connectivity index (χ0n) is 24.6. The van der Waals surface area contributed by atoms with Gasteiger partial charge in [0.2, 0.25) is 11.9 Å². The monoisotopic (exact) mass is 574 g/mol. The molecule has 1 aliphatic heterocycles. The average Bonchev–Trinajstić information content (AvgIpc) is 3.24. The molecule has 3 N–H and O–H groups in total. The molecule has 11 nitrogen and oxygen atoms in total. The van der Waals surface area contributed by atoms with Crippen LogP contribution >= 0.6 is 0 Å². The molecule has 2 aromatic carbocycles. The second-order valence-corrected chi connectivity index (χ2v) is 10.6. The molecular weight excluding hydrogens is 539 g/mol. The van der Waals surface area contributed by atoms with Gasteiger partial charge in [0.15, 0.2) is 0 Å². The summed E-state index contributed by atoms with van der Waals surface area (Å²) in [5, 5.41) is 9.68. The molecule has 0 radical (unpaired) electrons. The van der Waals surface area contributed by atoms with E-state index in [1.165, 1.54) is 19.2 Å². The Morgan fingerprint density at radius 2 is 1.93 bits per heavy atom. The van der Waals surface area contributed by atoms with Crippen molar-refractivity contribution < 1.29 is 18.7 Å². The van der Waals surface area contributed by atoms with E-state index in [4.69, 9.17) is 14.7 Å². The fourth-order valence-corrected chi connectivity index (χ4v) is 5.35. The second-order valence-electron chi connectivity index (χ2n) is 10.6. The van der Waals surface area contributed by atoms with Crippen molar-refractivity contribution in [1.82, 2.24) is 24.8 Å². The smallest absolute Gasteiger partial charge is 0.256 e. The van der Waals surface area contributed by atoms with Crippen LogP contribution in [0.5, 0.6) is 5.75 Å². The summed E-state index contributed by atoms with van der Waals surface area (Å²) in [5.74, 6) is 0.0445. The van der Waals surface area contributed by atoms with E-state index < -0.39 is 11.7 Å². The number of aromatic nitrogens is 3. The number of aryl methyl sites for hydroxylation is 3. The van der Waals surface area contributed by atoms with Crippen molar-refractivity contribution in [2.75, 3.05) is 56.9 Å². The number of nitrogens with zero attached hydrogens (tertiary/aromatic N) is 5. The van der Waals surface area contributed by atoms with Gasteiger partial charge in [-0.3, -0.25) is 9.59 Å². The van der Waals surface area contributed by atoms with Gasteiger partial charge in [-0.05, 0) is 69.3 Å². The van der Waals surface area contributed by atoms with Crippen molar-refractivity contribution in [3.8, 4) is 5.75 Å². The van der Waals surface area contributed by atoms with E-state index in [0.717, 1.165) is 35.0 Å². The van der Waals surface area contributed by atoms with Gasteiger partial charge in [0.1, 0.15) is 23.0 Å². The highest BCUT2D eigenvalue weighted by Gasteiger charge is 2.26. The molecule has 2 aromatic heterocycles. The topological polar surface area (TPSA) is 117 Å². The molecular formula is C30H35FN8O3. The van der Waals surface area contributed by atoms with Gasteiger partial charge < -0.3 is 35.1 Å². The highest BCUT2D eigenvalue weighted by atomic mass is 19.1. The third kappa shape index (κ3) is 5.45. The van der Waals surface area contributed by atoms with Crippen molar-refractivity contribution in [3.63, 3.8) is 0 Å². The Hall–Kier alpha value is -4.71. The van der Waals surface area contributed by atoms with Gasteiger partial charge in [-0.25, -0.2) is 4.39 Å². The minimum absolute atomic E-state index is 0.0162. The van der Waals surface area contributed by atoms with Crippen LogP contribution in [0.15, 0.2) is 36.5 Å². The van der Waals surface area contributed by atoms with Gasteiger partial charge in [0.05, 0.1) is 36.0 Å². The molecule has 0 atom stereocenters. The number of hydrogen-bond donors (Lipinski definition) is 3. The van der Waals surface area contributed by atoms with Crippen LogP contribution in [-0.4, -0.2) is 72.6 Å². The predicted octanol–water partition coefficient (Wildman–Crippen LogP) is 4.11. The molecule has 1 aliphatic rings. The maximum atomic E-state index is 14.7. The number of benzene rings is 2. The summed E-state index contributed by atoms with van der Waals surface area (Å²) in [7, 11) is 8.66. The minimum Gasteiger partial charge on any atom is -0.495 e. The SMILES string of the molecule is CNC(=O)c1c(F)cccc1Nc1nc(Nc2cc3c(cc2OC)CCCN3C(=O)CN(C)C)nc2c1c(C)cn2C. The van der Waals surface area contributed by atoms with Crippen molar-refractivity contribution >= 4 is 51.7 Å². The van der Waals surface area contributed by atoms with E-state index in [2.05, 4.69) is 16.0 Å². The Balaban J connectivity index is 1.59. The fourth-order valence-electron chi connectivity index (χ4n) is 5.35. The molecule has 0 bridgehead atoms. The number of hydrogen-bond acceptors (Lipinski definition) is 8. The number of carbonyl (C=O) groups is 2. The Kier molecular flexibility index (Phi) is 7.99. The molecule has 0 saturated carbocycles. The van der Waals surface area contributed by atoms with Gasteiger partial charge >= 0.3 is 0 Å². The molecule has 0 spiro atoms. The van der Waals surface area contributed by atoms with E-state index in [-0.39, 0.29) is 23.1 Å². The maximum absolute atomic E-state index is 14.7. The third-order valence-corrected chi connectivity index (χ3v) is 7.24. The molecule has 220 valence electrons. The molecule has 3 heterocycles. The number of ether oxygens (including phenoxy) is 1. The van der Waals surface area contributed by atoms with E-state index >= 15 is 0 Å². The van der Waals surface area contributed by atoms with E-state index in [1.54, 1.807) is 13.2 Å². The molecule has 0 saturated heterocycles. The standard InChI is InChI=1S/C30H35FN8O3/c1-17-15-38(5)28-25(17)27(33-20-11-7-10-19(31)26(20)29(41)32-2)35-30(36-28)34-21-14-22-18(13-23(21)42-6)9-8-12-39(22)24(40)16-37(3)4/h7,10-11,13-15H,8-9,12,16H2,1-6H3,(H,32,41)(H2,33,34,35,36). The fraction of sp³-hybridized carbons (Fsp3) is 0.333. The number of halogens is 1. The van der Waals surface area contributed by atoms with Crippen molar-refractivity contribution in [1.29, 1.82) is 0 Å². The highest BCUT2D eigenvalue weighted by molar-refractivity contribution is 6.02. The molecule has 12 heteroatoms. The Labute approximate surface area is 243 Å². The summed E-state index contributed by atoms with van der Waals surface area (Å²) in [4.78, 5) is 38.8. The number of methoxy groups -OCH3 is 1. The number of nitrogens with one attached hydrogen (secondary N) is 3. The summed E-state index contributed by atoms with van der Waals surface area (Å²) in [6.45, 7) is 2.86. The quantitative estimate of drug-likeness (QED) is 0.288. The van der Waals surface area contributed by atoms with Crippen LogP contribution < -0.4 is 25.6 Å². The lowest BCUT2D eigenvalue weighted by molar-refractivity contribution is -0.119. The number of likely N-dealkylation sites (N-methyl/N-ethyl adjacent to an activating group) is 1. The number of carbonyl (C=O) groups excluding carboxylic acids is 2. The van der Waals surface area contributed by atoms with Crippen LogP contribution in [0, 0.1) is 12.7 Å². The van der Waals surface area contributed by atoms with Gasteiger partial charge in [-0.2, -0.15) is 9.97 Å². The van der Waals surface area contributed by atoms with Crippen LogP contribution in [0.1, 0.15) is 27.9 Å². The molecule has 0 fully saturated rings. The zero-order valence-corrected chi connectivity index (χ0v) is 24.6. The summed E-state index contributed by atoms with van der Waals surface area (Å²) < 4.78 is 22.3. The second kappa shape index (κ2) is 11.6. The highest BCUT2D eigenvalue weighted by Crippen LogP contribution is 2.39. The molecule has 0 aliphatic carbocycles. The minimum atomic E-state index is -0.653. The Bertz CT molecular complexity index is 1680. The lowest BCUT2D eigenvalue weighted by Crippen LogP contribution is -2.40. The molecule has 4 aromatic rings. The number of fused-ring (bicyclic) bond motifs is 2. The molecule has 5 rings (SSSR count). The predicted molar refractivity (Wildman–Crippen MR) is 162 cm³/mol. The van der Waals surface area contributed by atoms with Gasteiger partial charge in [-0.1, -0.05) is 6.07 Å². The van der Waals surface area contributed by atoms with E-state index in [9.17, 15) is 14.0 Å². The lowest BCUT2D eigenvalue weighted by Gasteiger charge is -2.31. The number of anilines is 5. The summed E-state index contributed by atoms with van der Waals surface area (Å²) in [6.07, 6.45) is 3.62. The Morgan fingerprint density at radius 1 is 1.14 bits per heavy atom. The van der Waals surface area contributed by atoms with Crippen LogP contribution in [0.25, 0.3) is 11.0 Å². The van der Waals surface area contributed by atoms with Crippen LogP contribution in [-0.2, 0) is 18.3 Å². The summed E-state index contributed by atoms with van der Waals surface area (Å²) in [5.41, 5.74) is 4.12. The van der Waals surface area contributed by atoms with Gasteiger partial charge in [-0.15, -0.1) is 0 Å². The normalized spacial score (nSPS) is 12.8.